The molecule has 0 unspecified atom stereocenters. The van der Waals surface area contributed by atoms with Crippen molar-refractivity contribution >= 4 is 15.9 Å². The van der Waals surface area contributed by atoms with Crippen LogP contribution in [0.1, 0.15) is 45.7 Å². The molecule has 1 aromatic rings. The lowest BCUT2D eigenvalue weighted by atomic mass is 9.82. The molecule has 0 aromatic heterocycles. The molecule has 0 aliphatic heterocycles. The maximum absolute atomic E-state index is 3.57. The van der Waals surface area contributed by atoms with Crippen molar-refractivity contribution in [2.75, 3.05) is 5.33 Å². The molecule has 1 aromatic carbocycles. The molecule has 0 aliphatic carbocycles. The molecule has 0 fully saturated rings. The Morgan fingerprint density at radius 3 is 1.60 bits per heavy atom. The molecule has 0 N–H and O–H groups in total. The Balaban J connectivity index is 3.01. The molecule has 0 bridgehead atoms. The maximum Gasteiger partial charge on any atom is 0.0123 e. The van der Waals surface area contributed by atoms with E-state index in [0.717, 1.165) is 5.33 Å². The van der Waals surface area contributed by atoms with E-state index in [-0.39, 0.29) is 10.8 Å². The van der Waals surface area contributed by atoms with Crippen molar-refractivity contribution in [3.8, 4) is 0 Å². The summed E-state index contributed by atoms with van der Waals surface area (Å²) < 4.78 is 0. The van der Waals surface area contributed by atoms with E-state index >= 15 is 0 Å². The van der Waals surface area contributed by atoms with Crippen LogP contribution in [-0.2, 0) is 10.8 Å². The Kier molecular flexibility index (Phi) is 3.65. The second-order valence-electron chi connectivity index (χ2n) is 5.84. The summed E-state index contributed by atoms with van der Waals surface area (Å²) in [6, 6.07) is 9.00. The van der Waals surface area contributed by atoms with Gasteiger partial charge in [0.2, 0.25) is 0 Å². The predicted molar refractivity (Wildman–Crippen MR) is 72.0 cm³/mol. The molecular formula is C14H21Br. The predicted octanol–water partition coefficient (Wildman–Crippen LogP) is 4.66. The highest BCUT2D eigenvalue weighted by atomic mass is 79.9. The molecular weight excluding hydrogens is 248 g/mol. The Bertz CT molecular complexity index is 314. The van der Waals surface area contributed by atoms with Gasteiger partial charge < -0.3 is 0 Å². The molecule has 0 saturated carbocycles. The van der Waals surface area contributed by atoms with Crippen LogP contribution < -0.4 is 0 Å². The molecule has 1 rings (SSSR count). The highest BCUT2D eigenvalue weighted by Crippen LogP contribution is 2.28. The topological polar surface area (TPSA) is 0 Å². The summed E-state index contributed by atoms with van der Waals surface area (Å²) in [7, 11) is 0. The van der Waals surface area contributed by atoms with Crippen LogP contribution in [0.3, 0.4) is 0 Å². The Labute approximate surface area is 102 Å². The fourth-order valence-electron chi connectivity index (χ4n) is 1.50. The van der Waals surface area contributed by atoms with Gasteiger partial charge in [0.25, 0.3) is 0 Å². The SMILES string of the molecule is CC(C)(C)c1ccc(C(C)(C)CBr)cc1. The number of halogens is 1. The molecule has 0 nitrogen and oxygen atoms in total. The summed E-state index contributed by atoms with van der Waals surface area (Å²) in [5.74, 6) is 0. The molecule has 0 spiro atoms. The van der Waals surface area contributed by atoms with Gasteiger partial charge in [-0.25, -0.2) is 0 Å². The summed E-state index contributed by atoms with van der Waals surface area (Å²) in [5.41, 5.74) is 3.26. The third kappa shape index (κ3) is 3.07. The van der Waals surface area contributed by atoms with Crippen molar-refractivity contribution in [2.24, 2.45) is 0 Å². The van der Waals surface area contributed by atoms with Gasteiger partial charge in [-0.1, -0.05) is 74.8 Å². The number of alkyl halides is 1. The lowest BCUT2D eigenvalue weighted by Gasteiger charge is -2.24. The van der Waals surface area contributed by atoms with Gasteiger partial charge in [-0.2, -0.15) is 0 Å². The van der Waals surface area contributed by atoms with Gasteiger partial charge in [-0.3, -0.25) is 0 Å². The lowest BCUT2D eigenvalue weighted by Crippen LogP contribution is -2.19. The van der Waals surface area contributed by atoms with Crippen LogP contribution in [0.4, 0.5) is 0 Å². The van der Waals surface area contributed by atoms with E-state index in [2.05, 4.69) is 74.8 Å². The van der Waals surface area contributed by atoms with E-state index in [1.807, 2.05) is 0 Å². The number of benzene rings is 1. The summed E-state index contributed by atoms with van der Waals surface area (Å²) in [6.45, 7) is 11.3. The highest BCUT2D eigenvalue weighted by molar-refractivity contribution is 9.09. The van der Waals surface area contributed by atoms with E-state index in [1.165, 1.54) is 11.1 Å². The van der Waals surface area contributed by atoms with Crippen molar-refractivity contribution in [3.05, 3.63) is 35.4 Å². The average molecular weight is 269 g/mol. The number of hydrogen-bond donors (Lipinski definition) is 0. The third-order valence-electron chi connectivity index (χ3n) is 2.87. The summed E-state index contributed by atoms with van der Waals surface area (Å²) in [4.78, 5) is 0. The van der Waals surface area contributed by atoms with Crippen LogP contribution in [0.2, 0.25) is 0 Å². The van der Waals surface area contributed by atoms with Crippen LogP contribution in [-0.4, -0.2) is 5.33 Å². The quantitative estimate of drug-likeness (QED) is 0.685. The van der Waals surface area contributed by atoms with Crippen molar-refractivity contribution < 1.29 is 0 Å². The number of rotatable bonds is 2. The van der Waals surface area contributed by atoms with Crippen LogP contribution in [0.25, 0.3) is 0 Å². The molecule has 1 heteroatoms. The van der Waals surface area contributed by atoms with Gasteiger partial charge in [0.1, 0.15) is 0 Å². The van der Waals surface area contributed by atoms with Crippen molar-refractivity contribution in [1.29, 1.82) is 0 Å². The Hall–Kier alpha value is -0.300. The van der Waals surface area contributed by atoms with E-state index in [9.17, 15) is 0 Å². The fourth-order valence-corrected chi connectivity index (χ4v) is 1.82. The zero-order valence-electron chi connectivity index (χ0n) is 10.4. The molecule has 0 saturated heterocycles. The van der Waals surface area contributed by atoms with Crippen molar-refractivity contribution in [2.45, 2.75) is 45.4 Å². The fraction of sp³-hybridized carbons (Fsp3) is 0.571. The van der Waals surface area contributed by atoms with Gasteiger partial charge in [-0.05, 0) is 22.0 Å². The Morgan fingerprint density at radius 2 is 1.27 bits per heavy atom. The van der Waals surface area contributed by atoms with Crippen LogP contribution in [0, 0.1) is 0 Å². The first-order valence-corrected chi connectivity index (χ1v) is 6.56. The minimum atomic E-state index is 0.219. The van der Waals surface area contributed by atoms with Gasteiger partial charge in [0.15, 0.2) is 0 Å². The average Bonchev–Trinajstić information content (AvgIpc) is 2.17. The molecule has 15 heavy (non-hydrogen) atoms. The van der Waals surface area contributed by atoms with E-state index in [4.69, 9.17) is 0 Å². The van der Waals surface area contributed by atoms with Crippen LogP contribution in [0.15, 0.2) is 24.3 Å². The van der Waals surface area contributed by atoms with Crippen LogP contribution >= 0.6 is 15.9 Å². The second-order valence-corrected chi connectivity index (χ2v) is 6.41. The molecule has 0 atom stereocenters. The van der Waals surface area contributed by atoms with E-state index in [0.29, 0.717) is 0 Å². The third-order valence-corrected chi connectivity index (χ3v) is 4.27. The van der Waals surface area contributed by atoms with Gasteiger partial charge in [0, 0.05) is 5.33 Å². The summed E-state index contributed by atoms with van der Waals surface area (Å²) in [5, 5.41) is 0.995. The normalized spacial score (nSPS) is 12.9. The zero-order valence-corrected chi connectivity index (χ0v) is 12.0. The van der Waals surface area contributed by atoms with E-state index < -0.39 is 0 Å². The highest BCUT2D eigenvalue weighted by Gasteiger charge is 2.20. The van der Waals surface area contributed by atoms with E-state index in [1.54, 1.807) is 0 Å². The maximum atomic E-state index is 3.57. The smallest absolute Gasteiger partial charge is 0.0123 e. The molecule has 0 aliphatic rings. The zero-order chi connectivity index (χ0) is 11.7. The van der Waals surface area contributed by atoms with Crippen molar-refractivity contribution in [1.82, 2.24) is 0 Å². The number of hydrogen-bond acceptors (Lipinski definition) is 0. The van der Waals surface area contributed by atoms with Gasteiger partial charge in [0.05, 0.1) is 0 Å². The molecule has 0 heterocycles. The first-order valence-electron chi connectivity index (χ1n) is 5.44. The monoisotopic (exact) mass is 268 g/mol. The first-order chi connectivity index (χ1) is 6.77. The summed E-state index contributed by atoms with van der Waals surface area (Å²) in [6.07, 6.45) is 0. The van der Waals surface area contributed by atoms with Crippen LogP contribution in [0.5, 0.6) is 0 Å². The summed E-state index contributed by atoms with van der Waals surface area (Å²) >= 11 is 3.57. The standard InChI is InChI=1S/C14H21Br/c1-13(2,3)11-6-8-12(9-7-11)14(4,5)10-15/h6-9H,10H2,1-5H3. The minimum absolute atomic E-state index is 0.219. The Morgan fingerprint density at radius 1 is 0.867 bits per heavy atom. The van der Waals surface area contributed by atoms with Crippen molar-refractivity contribution in [3.63, 3.8) is 0 Å². The largest absolute Gasteiger partial charge is 0.0919 e. The van der Waals surface area contributed by atoms with Gasteiger partial charge in [-0.15, -0.1) is 0 Å². The first kappa shape index (κ1) is 12.8. The van der Waals surface area contributed by atoms with Gasteiger partial charge >= 0.3 is 0 Å². The minimum Gasteiger partial charge on any atom is -0.0919 e. The lowest BCUT2D eigenvalue weighted by molar-refractivity contribution is 0.582. The second kappa shape index (κ2) is 4.29. The molecule has 84 valence electrons. The molecule has 0 amide bonds. The molecule has 0 radical (unpaired) electrons.